The SMILES string of the molecule is Cc1cc(N2C(=S)NC(c3ccccn3)C2c2cccn2Cc2ccco2)ccc1Br. The van der Waals surface area contributed by atoms with E-state index in [1.54, 1.807) is 6.26 Å². The molecule has 1 aliphatic rings. The monoisotopic (exact) mass is 492 g/mol. The largest absolute Gasteiger partial charge is 0.467 e. The third-order valence-corrected chi connectivity index (χ3v) is 6.80. The lowest BCUT2D eigenvalue weighted by atomic mass is 10.0. The first kappa shape index (κ1) is 20.0. The maximum absolute atomic E-state index is 5.83. The molecule has 7 heteroatoms. The summed E-state index contributed by atoms with van der Waals surface area (Å²) in [5.41, 5.74) is 4.30. The van der Waals surface area contributed by atoms with E-state index in [2.05, 4.69) is 79.2 Å². The number of aryl methyl sites for hydroxylation is 1. The standard InChI is InChI=1S/C24H21BrN4OS/c1-16-14-17(9-10-19(16)25)29-23(22(27-24(29)31)20-7-2-3-11-26-20)21-8-4-12-28(21)15-18-6-5-13-30-18/h2-14,22-23H,15H2,1H3,(H,27,31). The summed E-state index contributed by atoms with van der Waals surface area (Å²) in [6.45, 7) is 2.74. The summed E-state index contributed by atoms with van der Waals surface area (Å²) >= 11 is 9.44. The van der Waals surface area contributed by atoms with Gasteiger partial charge in [0.25, 0.3) is 0 Å². The van der Waals surface area contributed by atoms with Gasteiger partial charge in [-0.15, -0.1) is 0 Å². The van der Waals surface area contributed by atoms with Crippen LogP contribution in [0.25, 0.3) is 0 Å². The van der Waals surface area contributed by atoms with E-state index in [4.69, 9.17) is 16.6 Å². The van der Waals surface area contributed by atoms with E-state index in [1.165, 1.54) is 0 Å². The molecule has 0 spiro atoms. The highest BCUT2D eigenvalue weighted by Gasteiger charge is 2.42. The molecule has 5 nitrogen and oxygen atoms in total. The fourth-order valence-electron chi connectivity index (χ4n) is 4.12. The Morgan fingerprint density at radius 1 is 1.13 bits per heavy atom. The van der Waals surface area contributed by atoms with Crippen molar-refractivity contribution < 1.29 is 4.42 Å². The molecular formula is C24H21BrN4OS. The molecule has 4 aromatic rings. The second kappa shape index (κ2) is 8.32. The van der Waals surface area contributed by atoms with Gasteiger partial charge in [0.1, 0.15) is 11.8 Å². The number of nitrogens with zero attached hydrogens (tertiary/aromatic N) is 3. The minimum absolute atomic E-state index is 0.0621. The molecular weight excluding hydrogens is 472 g/mol. The molecule has 2 unspecified atom stereocenters. The van der Waals surface area contributed by atoms with Gasteiger partial charge in [0, 0.05) is 28.2 Å². The quantitative estimate of drug-likeness (QED) is 0.358. The van der Waals surface area contributed by atoms with Gasteiger partial charge < -0.3 is 19.2 Å². The first-order valence-corrected chi connectivity index (χ1v) is 11.3. The third kappa shape index (κ3) is 3.79. The lowest BCUT2D eigenvalue weighted by Crippen LogP contribution is -2.30. The number of furan rings is 1. The summed E-state index contributed by atoms with van der Waals surface area (Å²) in [6.07, 6.45) is 5.61. The average Bonchev–Trinajstić information content (AvgIpc) is 3.52. The number of pyridine rings is 1. The lowest BCUT2D eigenvalue weighted by molar-refractivity contribution is 0.475. The van der Waals surface area contributed by atoms with Gasteiger partial charge in [-0.1, -0.05) is 22.0 Å². The number of rotatable bonds is 5. The van der Waals surface area contributed by atoms with Gasteiger partial charge >= 0.3 is 0 Å². The Balaban J connectivity index is 1.62. The van der Waals surface area contributed by atoms with Crippen molar-refractivity contribution in [1.82, 2.24) is 14.9 Å². The molecule has 156 valence electrons. The van der Waals surface area contributed by atoms with Crippen molar-refractivity contribution in [3.8, 4) is 0 Å². The van der Waals surface area contributed by atoms with Crippen LogP contribution in [-0.4, -0.2) is 14.7 Å². The zero-order valence-electron chi connectivity index (χ0n) is 16.9. The molecule has 0 bridgehead atoms. The highest BCUT2D eigenvalue weighted by molar-refractivity contribution is 9.10. The first-order chi connectivity index (χ1) is 15.1. The molecule has 1 aromatic carbocycles. The Morgan fingerprint density at radius 3 is 2.77 bits per heavy atom. The van der Waals surface area contributed by atoms with Crippen LogP contribution in [0.3, 0.4) is 0 Å². The molecule has 5 rings (SSSR count). The number of benzene rings is 1. The number of nitrogens with one attached hydrogen (secondary N) is 1. The van der Waals surface area contributed by atoms with Crippen LogP contribution in [-0.2, 0) is 6.54 Å². The van der Waals surface area contributed by atoms with Crippen LogP contribution < -0.4 is 10.2 Å². The number of hydrogen-bond acceptors (Lipinski definition) is 3. The Labute approximate surface area is 194 Å². The summed E-state index contributed by atoms with van der Waals surface area (Å²) < 4.78 is 8.90. The maximum atomic E-state index is 5.83. The van der Waals surface area contributed by atoms with Crippen molar-refractivity contribution in [3.05, 3.63) is 107 Å². The number of thiocarbonyl (C=S) groups is 1. The third-order valence-electron chi connectivity index (χ3n) is 5.59. The minimum Gasteiger partial charge on any atom is -0.467 e. The van der Waals surface area contributed by atoms with E-state index in [9.17, 15) is 0 Å². The summed E-state index contributed by atoms with van der Waals surface area (Å²) in [5.74, 6) is 0.909. The Morgan fingerprint density at radius 2 is 2.03 bits per heavy atom. The van der Waals surface area contributed by atoms with Crippen LogP contribution in [0.4, 0.5) is 5.69 Å². The first-order valence-electron chi connectivity index (χ1n) is 10.1. The zero-order valence-corrected chi connectivity index (χ0v) is 19.3. The van der Waals surface area contributed by atoms with E-state index in [0.717, 1.165) is 32.9 Å². The van der Waals surface area contributed by atoms with Crippen LogP contribution in [0.15, 0.2) is 88.2 Å². The summed E-state index contributed by atoms with van der Waals surface area (Å²) in [6, 6.07) is 20.3. The predicted molar refractivity (Wildman–Crippen MR) is 129 cm³/mol. The molecule has 1 saturated heterocycles. The highest BCUT2D eigenvalue weighted by Crippen LogP contribution is 2.42. The molecule has 1 fully saturated rings. The van der Waals surface area contributed by atoms with E-state index < -0.39 is 0 Å². The fraction of sp³-hybridized carbons (Fsp3) is 0.167. The molecule has 0 amide bonds. The van der Waals surface area contributed by atoms with Gasteiger partial charge in [-0.05, 0) is 79.3 Å². The molecule has 0 aliphatic carbocycles. The normalized spacial score (nSPS) is 18.4. The van der Waals surface area contributed by atoms with Crippen molar-refractivity contribution in [2.24, 2.45) is 0 Å². The van der Waals surface area contributed by atoms with E-state index in [1.807, 2.05) is 36.5 Å². The van der Waals surface area contributed by atoms with Crippen molar-refractivity contribution >= 4 is 38.9 Å². The number of halogens is 1. The number of aromatic nitrogens is 2. The Kier molecular flexibility index (Phi) is 5.38. The molecule has 0 radical (unpaired) electrons. The summed E-state index contributed by atoms with van der Waals surface area (Å²) in [5, 5.41) is 4.21. The van der Waals surface area contributed by atoms with Crippen LogP contribution in [0, 0.1) is 6.92 Å². The molecule has 3 aromatic heterocycles. The zero-order chi connectivity index (χ0) is 21.4. The minimum atomic E-state index is -0.0806. The predicted octanol–water partition coefficient (Wildman–Crippen LogP) is 5.77. The van der Waals surface area contributed by atoms with Gasteiger partial charge in [-0.3, -0.25) is 4.98 Å². The second-order valence-corrected chi connectivity index (χ2v) is 8.81. The Hall–Kier alpha value is -2.90. The van der Waals surface area contributed by atoms with Gasteiger partial charge in [0.15, 0.2) is 5.11 Å². The van der Waals surface area contributed by atoms with Gasteiger partial charge in [0.05, 0.1) is 24.5 Å². The molecule has 4 heterocycles. The molecule has 2 atom stereocenters. The van der Waals surface area contributed by atoms with Gasteiger partial charge in [0.2, 0.25) is 0 Å². The van der Waals surface area contributed by atoms with Gasteiger partial charge in [-0.2, -0.15) is 0 Å². The van der Waals surface area contributed by atoms with Crippen LogP contribution in [0.5, 0.6) is 0 Å². The number of anilines is 1. The Bertz CT molecular complexity index is 1210. The van der Waals surface area contributed by atoms with E-state index >= 15 is 0 Å². The lowest BCUT2D eigenvalue weighted by Gasteiger charge is -2.29. The van der Waals surface area contributed by atoms with Gasteiger partial charge in [-0.25, -0.2) is 0 Å². The van der Waals surface area contributed by atoms with E-state index in [-0.39, 0.29) is 12.1 Å². The fourth-order valence-corrected chi connectivity index (χ4v) is 4.71. The second-order valence-electron chi connectivity index (χ2n) is 7.57. The van der Waals surface area contributed by atoms with Crippen LogP contribution in [0.2, 0.25) is 0 Å². The molecule has 31 heavy (non-hydrogen) atoms. The van der Waals surface area contributed by atoms with E-state index in [0.29, 0.717) is 11.7 Å². The van der Waals surface area contributed by atoms with Crippen molar-refractivity contribution in [2.75, 3.05) is 4.90 Å². The maximum Gasteiger partial charge on any atom is 0.174 e. The molecule has 0 saturated carbocycles. The molecule has 1 aliphatic heterocycles. The average molecular weight is 493 g/mol. The summed E-state index contributed by atoms with van der Waals surface area (Å²) in [7, 11) is 0. The summed E-state index contributed by atoms with van der Waals surface area (Å²) in [4.78, 5) is 6.83. The number of hydrogen-bond donors (Lipinski definition) is 1. The van der Waals surface area contributed by atoms with Crippen molar-refractivity contribution in [3.63, 3.8) is 0 Å². The van der Waals surface area contributed by atoms with Crippen LogP contribution in [0.1, 0.15) is 34.8 Å². The highest BCUT2D eigenvalue weighted by atomic mass is 79.9. The smallest absolute Gasteiger partial charge is 0.174 e. The van der Waals surface area contributed by atoms with Crippen molar-refractivity contribution in [1.29, 1.82) is 0 Å². The van der Waals surface area contributed by atoms with Crippen molar-refractivity contribution in [2.45, 2.75) is 25.6 Å². The molecule has 1 N–H and O–H groups in total. The van der Waals surface area contributed by atoms with Crippen LogP contribution >= 0.6 is 28.1 Å². The topological polar surface area (TPSA) is 46.2 Å².